The number of nitrogens with one attached hydrogen (secondary N) is 1. The molecule has 1 atom stereocenters. The van der Waals surface area contributed by atoms with E-state index in [0.29, 0.717) is 12.1 Å². The van der Waals surface area contributed by atoms with Gasteiger partial charge in [0, 0.05) is 12.2 Å². The molecule has 0 saturated heterocycles. The molecule has 0 bridgehead atoms. The van der Waals surface area contributed by atoms with Crippen LogP contribution in [0.5, 0.6) is 0 Å². The number of amides is 1. The summed E-state index contributed by atoms with van der Waals surface area (Å²) >= 11 is 0. The molecule has 0 aliphatic carbocycles. The molecular weight excluding hydrogens is 343 g/mol. The fourth-order valence-corrected chi connectivity index (χ4v) is 4.16. The van der Waals surface area contributed by atoms with Gasteiger partial charge in [0.15, 0.2) is 0 Å². The van der Waals surface area contributed by atoms with Crippen molar-refractivity contribution >= 4 is 21.6 Å². The molecule has 0 aromatic heterocycles. The summed E-state index contributed by atoms with van der Waals surface area (Å²) < 4.78 is 39.2. The largest absolute Gasteiger partial charge is 0.325 e. The number of fused-ring (bicyclic) bond motifs is 1. The maximum Gasteiger partial charge on any atom is 0.243 e. The molecule has 5 nitrogen and oxygen atoms in total. The van der Waals surface area contributed by atoms with Gasteiger partial charge in [-0.25, -0.2) is 12.8 Å². The molecule has 2 aromatic rings. The number of carbonyl (C=O) groups is 1. The Morgan fingerprint density at radius 2 is 1.80 bits per heavy atom. The lowest BCUT2D eigenvalue weighted by Crippen LogP contribution is -2.51. The van der Waals surface area contributed by atoms with Crippen LogP contribution in [0.3, 0.4) is 0 Å². The first-order chi connectivity index (χ1) is 11.9. The number of halogens is 1. The molecule has 25 heavy (non-hydrogen) atoms. The Kier molecular flexibility index (Phi) is 4.87. The van der Waals surface area contributed by atoms with Gasteiger partial charge in [0.25, 0.3) is 0 Å². The van der Waals surface area contributed by atoms with E-state index in [0.717, 1.165) is 11.1 Å². The third-order valence-corrected chi connectivity index (χ3v) is 6.17. The van der Waals surface area contributed by atoms with Crippen molar-refractivity contribution in [3.8, 4) is 0 Å². The average molecular weight is 362 g/mol. The summed E-state index contributed by atoms with van der Waals surface area (Å²) in [7, 11) is -3.54. The zero-order valence-corrected chi connectivity index (χ0v) is 14.6. The fraction of sp³-hybridized carbons (Fsp3) is 0.278. The number of benzene rings is 2. The Hall–Kier alpha value is -2.25. The third-order valence-electron chi connectivity index (χ3n) is 4.34. The highest BCUT2D eigenvalue weighted by Crippen LogP contribution is 2.27. The lowest BCUT2D eigenvalue weighted by molar-refractivity contribution is -0.120. The highest BCUT2D eigenvalue weighted by Gasteiger charge is 2.37. The van der Waals surface area contributed by atoms with Gasteiger partial charge in [-0.3, -0.25) is 4.79 Å². The van der Waals surface area contributed by atoms with Gasteiger partial charge in [-0.05, 0) is 48.7 Å². The van der Waals surface area contributed by atoms with Crippen molar-refractivity contribution in [3.05, 3.63) is 65.5 Å². The Morgan fingerprint density at radius 1 is 1.16 bits per heavy atom. The van der Waals surface area contributed by atoms with Gasteiger partial charge in [-0.2, -0.15) is 4.31 Å². The minimum atomic E-state index is -3.54. The first-order valence-electron chi connectivity index (χ1n) is 8.03. The van der Waals surface area contributed by atoms with Crippen LogP contribution in [0, 0.1) is 5.82 Å². The molecule has 2 aromatic carbocycles. The molecule has 0 radical (unpaired) electrons. The number of rotatable bonds is 4. The van der Waals surface area contributed by atoms with Gasteiger partial charge in [-0.15, -0.1) is 0 Å². The smallest absolute Gasteiger partial charge is 0.243 e. The average Bonchev–Trinajstić information content (AvgIpc) is 2.62. The van der Waals surface area contributed by atoms with E-state index in [-0.39, 0.29) is 12.3 Å². The Labute approximate surface area is 146 Å². The van der Waals surface area contributed by atoms with Crippen LogP contribution in [-0.2, 0) is 27.8 Å². The van der Waals surface area contributed by atoms with E-state index in [9.17, 15) is 17.6 Å². The molecule has 7 heteroatoms. The van der Waals surface area contributed by atoms with Gasteiger partial charge >= 0.3 is 0 Å². The SMILES string of the molecule is CCS(=O)(=O)N1Cc2ccccc2C[C@H]1C(=O)Nc1ccc(F)cc1. The predicted octanol–water partition coefficient (Wildman–Crippen LogP) is 2.54. The first kappa shape index (κ1) is 17.6. The van der Waals surface area contributed by atoms with Crippen LogP contribution in [0.4, 0.5) is 10.1 Å². The van der Waals surface area contributed by atoms with Gasteiger partial charge in [0.2, 0.25) is 15.9 Å². The normalized spacial score (nSPS) is 17.8. The maximum atomic E-state index is 13.0. The monoisotopic (exact) mass is 362 g/mol. The van der Waals surface area contributed by atoms with Gasteiger partial charge in [0.1, 0.15) is 11.9 Å². The second kappa shape index (κ2) is 6.93. The molecule has 1 amide bonds. The Bertz CT molecular complexity index is 881. The van der Waals surface area contributed by atoms with Crippen LogP contribution in [-0.4, -0.2) is 30.4 Å². The van der Waals surface area contributed by atoms with Gasteiger partial charge < -0.3 is 5.32 Å². The van der Waals surface area contributed by atoms with Crippen molar-refractivity contribution in [2.24, 2.45) is 0 Å². The minimum absolute atomic E-state index is 0.0739. The summed E-state index contributed by atoms with van der Waals surface area (Å²) in [5.41, 5.74) is 2.30. The molecule has 3 rings (SSSR count). The quantitative estimate of drug-likeness (QED) is 0.909. The van der Waals surface area contributed by atoms with Crippen molar-refractivity contribution in [1.82, 2.24) is 4.31 Å². The number of nitrogens with zero attached hydrogens (tertiary/aromatic N) is 1. The number of hydrogen-bond acceptors (Lipinski definition) is 3. The second-order valence-corrected chi connectivity index (χ2v) is 8.14. The molecule has 0 unspecified atom stereocenters. The molecule has 0 fully saturated rings. The summed E-state index contributed by atoms with van der Waals surface area (Å²) in [6.07, 6.45) is 0.308. The standard InChI is InChI=1S/C18H19FN2O3S/c1-2-25(23,24)21-12-14-6-4-3-5-13(14)11-17(21)18(22)20-16-9-7-15(19)8-10-16/h3-10,17H,2,11-12H2,1H3,(H,20,22)/t17-/m0/s1. The molecule has 1 N–H and O–H groups in total. The molecule has 1 heterocycles. The topological polar surface area (TPSA) is 66.5 Å². The van der Waals surface area contributed by atoms with E-state index < -0.39 is 27.8 Å². The van der Waals surface area contributed by atoms with E-state index in [1.54, 1.807) is 6.92 Å². The highest BCUT2D eigenvalue weighted by molar-refractivity contribution is 7.89. The summed E-state index contributed by atoms with van der Waals surface area (Å²) in [6.45, 7) is 1.73. The number of carbonyl (C=O) groups excluding carboxylic acids is 1. The van der Waals surface area contributed by atoms with Crippen molar-refractivity contribution in [2.75, 3.05) is 11.1 Å². The van der Waals surface area contributed by atoms with E-state index in [4.69, 9.17) is 0 Å². The lowest BCUT2D eigenvalue weighted by atomic mass is 9.95. The molecule has 0 saturated carbocycles. The molecule has 1 aliphatic rings. The first-order valence-corrected chi connectivity index (χ1v) is 9.64. The summed E-state index contributed by atoms with van der Waals surface area (Å²) in [6, 6.07) is 12.1. The Morgan fingerprint density at radius 3 is 2.44 bits per heavy atom. The van der Waals surface area contributed by atoms with Crippen LogP contribution >= 0.6 is 0 Å². The minimum Gasteiger partial charge on any atom is -0.325 e. The van der Waals surface area contributed by atoms with E-state index >= 15 is 0 Å². The van der Waals surface area contributed by atoms with Crippen LogP contribution < -0.4 is 5.32 Å². The maximum absolute atomic E-state index is 13.0. The molecule has 0 spiro atoms. The van der Waals surface area contributed by atoms with Crippen molar-refractivity contribution in [2.45, 2.75) is 25.9 Å². The molecular formula is C18H19FN2O3S. The zero-order chi connectivity index (χ0) is 18.0. The van der Waals surface area contributed by atoms with Gasteiger partial charge in [0.05, 0.1) is 5.75 Å². The highest BCUT2D eigenvalue weighted by atomic mass is 32.2. The van der Waals surface area contributed by atoms with Crippen molar-refractivity contribution in [3.63, 3.8) is 0 Å². The molecule has 1 aliphatic heterocycles. The van der Waals surface area contributed by atoms with Crippen LogP contribution in [0.15, 0.2) is 48.5 Å². The lowest BCUT2D eigenvalue weighted by Gasteiger charge is -2.34. The molecule has 132 valence electrons. The summed E-state index contributed by atoms with van der Waals surface area (Å²) in [4.78, 5) is 12.7. The number of sulfonamides is 1. The van der Waals surface area contributed by atoms with Crippen LogP contribution in [0.1, 0.15) is 18.1 Å². The fourth-order valence-electron chi connectivity index (χ4n) is 2.94. The van der Waals surface area contributed by atoms with Crippen LogP contribution in [0.2, 0.25) is 0 Å². The number of anilines is 1. The van der Waals surface area contributed by atoms with E-state index in [1.807, 2.05) is 24.3 Å². The predicted molar refractivity (Wildman–Crippen MR) is 94.0 cm³/mol. The van der Waals surface area contributed by atoms with Crippen LogP contribution in [0.25, 0.3) is 0 Å². The second-order valence-electron chi connectivity index (χ2n) is 5.93. The summed E-state index contributed by atoms with van der Waals surface area (Å²) in [5.74, 6) is -0.895. The van der Waals surface area contributed by atoms with Gasteiger partial charge in [-0.1, -0.05) is 24.3 Å². The zero-order valence-electron chi connectivity index (χ0n) is 13.8. The van der Waals surface area contributed by atoms with Crippen molar-refractivity contribution < 1.29 is 17.6 Å². The Balaban J connectivity index is 1.90. The van der Waals surface area contributed by atoms with E-state index in [1.165, 1.54) is 28.6 Å². The number of hydrogen-bond donors (Lipinski definition) is 1. The summed E-state index contributed by atoms with van der Waals surface area (Å²) in [5, 5.41) is 2.68. The van der Waals surface area contributed by atoms with Crippen molar-refractivity contribution in [1.29, 1.82) is 0 Å². The third kappa shape index (κ3) is 3.72. The van der Waals surface area contributed by atoms with E-state index in [2.05, 4.69) is 5.32 Å².